The molecule has 0 N–H and O–H groups in total. The lowest BCUT2D eigenvalue weighted by molar-refractivity contribution is 0.0588. The van der Waals surface area contributed by atoms with Gasteiger partial charge in [-0.05, 0) is 24.6 Å². The highest BCUT2D eigenvalue weighted by Crippen LogP contribution is 2.33. The van der Waals surface area contributed by atoms with Crippen molar-refractivity contribution in [1.29, 1.82) is 0 Å². The summed E-state index contributed by atoms with van der Waals surface area (Å²) in [5.74, 6) is 1.30. The SMILES string of the molecule is COC(=O)c1cnc(C)n1Cc1cc(Br)cc2c1OCC2. The van der Waals surface area contributed by atoms with Crippen molar-refractivity contribution in [3.05, 3.63) is 45.4 Å². The summed E-state index contributed by atoms with van der Waals surface area (Å²) in [6.45, 7) is 3.09. The van der Waals surface area contributed by atoms with Gasteiger partial charge < -0.3 is 14.0 Å². The van der Waals surface area contributed by atoms with Gasteiger partial charge in [-0.25, -0.2) is 9.78 Å². The van der Waals surface area contributed by atoms with E-state index in [0.29, 0.717) is 18.8 Å². The lowest BCUT2D eigenvalue weighted by atomic mass is 10.1. The lowest BCUT2D eigenvalue weighted by Gasteiger charge is -2.13. The Morgan fingerprint density at radius 2 is 2.33 bits per heavy atom. The number of aromatic nitrogens is 2. The fourth-order valence-electron chi connectivity index (χ4n) is 2.57. The molecule has 2 aromatic rings. The number of methoxy groups -OCH3 is 1. The fraction of sp³-hybridized carbons (Fsp3) is 0.333. The van der Waals surface area contributed by atoms with Crippen molar-refractivity contribution in [3.8, 4) is 5.75 Å². The van der Waals surface area contributed by atoms with Gasteiger partial charge in [-0.15, -0.1) is 0 Å². The van der Waals surface area contributed by atoms with E-state index in [0.717, 1.165) is 28.0 Å². The molecule has 1 aromatic carbocycles. The van der Waals surface area contributed by atoms with Crippen molar-refractivity contribution in [2.24, 2.45) is 0 Å². The van der Waals surface area contributed by atoms with E-state index in [1.54, 1.807) is 6.20 Å². The molecule has 0 aliphatic carbocycles. The highest BCUT2D eigenvalue weighted by Gasteiger charge is 2.21. The average molecular weight is 351 g/mol. The van der Waals surface area contributed by atoms with Crippen molar-refractivity contribution in [1.82, 2.24) is 9.55 Å². The van der Waals surface area contributed by atoms with Crippen LogP contribution < -0.4 is 4.74 Å². The van der Waals surface area contributed by atoms with Gasteiger partial charge in [0, 0.05) is 16.5 Å². The van der Waals surface area contributed by atoms with Crippen LogP contribution >= 0.6 is 15.9 Å². The third-order valence-corrected chi connectivity index (χ3v) is 4.06. The third-order valence-electron chi connectivity index (χ3n) is 3.60. The summed E-state index contributed by atoms with van der Waals surface area (Å²) in [5.41, 5.74) is 2.67. The van der Waals surface area contributed by atoms with E-state index in [1.165, 1.54) is 12.7 Å². The maximum absolute atomic E-state index is 11.8. The van der Waals surface area contributed by atoms with Crippen LogP contribution in [-0.4, -0.2) is 29.2 Å². The summed E-state index contributed by atoms with van der Waals surface area (Å²) in [6.07, 6.45) is 2.45. The molecule has 0 amide bonds. The molecule has 0 atom stereocenters. The van der Waals surface area contributed by atoms with Gasteiger partial charge in [0.2, 0.25) is 0 Å². The zero-order valence-corrected chi connectivity index (χ0v) is 13.4. The van der Waals surface area contributed by atoms with E-state index >= 15 is 0 Å². The molecule has 110 valence electrons. The number of carbonyl (C=O) groups excluding carboxylic acids is 1. The van der Waals surface area contributed by atoms with Crippen LogP contribution in [0.4, 0.5) is 0 Å². The maximum atomic E-state index is 11.8. The number of aryl methyl sites for hydroxylation is 1. The lowest BCUT2D eigenvalue weighted by Crippen LogP contribution is -2.13. The smallest absolute Gasteiger partial charge is 0.356 e. The van der Waals surface area contributed by atoms with Gasteiger partial charge in [-0.3, -0.25) is 0 Å². The predicted molar refractivity (Wildman–Crippen MR) is 80.7 cm³/mol. The summed E-state index contributed by atoms with van der Waals surface area (Å²) < 4.78 is 13.4. The standard InChI is InChI=1S/C15H15BrN2O3/c1-9-17-7-13(15(19)20-2)18(9)8-11-6-12(16)5-10-3-4-21-14(10)11/h5-7H,3-4,8H2,1-2H3. The Morgan fingerprint density at radius 3 is 3.10 bits per heavy atom. The normalized spacial score (nSPS) is 12.9. The first-order valence-electron chi connectivity index (χ1n) is 6.64. The molecule has 1 aliphatic rings. The molecular weight excluding hydrogens is 336 g/mol. The number of hydrogen-bond donors (Lipinski definition) is 0. The number of halogens is 1. The highest BCUT2D eigenvalue weighted by atomic mass is 79.9. The molecular formula is C15H15BrN2O3. The number of ether oxygens (including phenoxy) is 2. The number of carbonyl (C=O) groups is 1. The van der Waals surface area contributed by atoms with Crippen LogP contribution in [0.2, 0.25) is 0 Å². The molecule has 1 aliphatic heterocycles. The van der Waals surface area contributed by atoms with Crippen LogP contribution in [0.1, 0.15) is 27.4 Å². The largest absolute Gasteiger partial charge is 0.493 e. The van der Waals surface area contributed by atoms with E-state index in [9.17, 15) is 4.79 Å². The molecule has 0 unspecified atom stereocenters. The minimum Gasteiger partial charge on any atom is -0.493 e. The first-order chi connectivity index (χ1) is 10.1. The number of nitrogens with zero attached hydrogens (tertiary/aromatic N) is 2. The molecule has 21 heavy (non-hydrogen) atoms. The monoisotopic (exact) mass is 350 g/mol. The van der Waals surface area contributed by atoms with Crippen LogP contribution in [0, 0.1) is 6.92 Å². The van der Waals surface area contributed by atoms with Crippen LogP contribution in [0.15, 0.2) is 22.8 Å². The molecule has 0 saturated carbocycles. The molecule has 3 rings (SSSR count). The topological polar surface area (TPSA) is 53.3 Å². The zero-order chi connectivity index (χ0) is 15.0. The predicted octanol–water partition coefficient (Wildman–Crippen LogP) is 2.72. The van der Waals surface area contributed by atoms with Crippen molar-refractivity contribution in [3.63, 3.8) is 0 Å². The Bertz CT molecular complexity index is 709. The van der Waals surface area contributed by atoms with Crippen LogP contribution in [-0.2, 0) is 17.7 Å². The molecule has 0 bridgehead atoms. The van der Waals surface area contributed by atoms with Gasteiger partial charge in [0.15, 0.2) is 0 Å². The van der Waals surface area contributed by atoms with Gasteiger partial charge in [0.1, 0.15) is 17.3 Å². The summed E-state index contributed by atoms with van der Waals surface area (Å²) in [4.78, 5) is 16.0. The van der Waals surface area contributed by atoms with Gasteiger partial charge in [-0.2, -0.15) is 0 Å². The van der Waals surface area contributed by atoms with E-state index in [-0.39, 0.29) is 5.97 Å². The van der Waals surface area contributed by atoms with Gasteiger partial charge in [0.25, 0.3) is 0 Å². The fourth-order valence-corrected chi connectivity index (χ4v) is 3.12. The number of rotatable bonds is 3. The van der Waals surface area contributed by atoms with Crippen molar-refractivity contribution in [2.45, 2.75) is 19.9 Å². The quantitative estimate of drug-likeness (QED) is 0.798. The Morgan fingerprint density at radius 1 is 1.52 bits per heavy atom. The Kier molecular flexibility index (Phi) is 3.71. The minimum atomic E-state index is -0.386. The first kappa shape index (κ1) is 14.1. The summed E-state index contributed by atoms with van der Waals surface area (Å²) in [7, 11) is 1.37. The number of fused-ring (bicyclic) bond motifs is 1. The molecule has 5 nitrogen and oxygen atoms in total. The molecule has 6 heteroatoms. The minimum absolute atomic E-state index is 0.386. The molecule has 0 saturated heterocycles. The second-order valence-corrected chi connectivity index (χ2v) is 5.84. The summed E-state index contributed by atoms with van der Waals surface area (Å²) in [6, 6.07) is 4.10. The number of hydrogen-bond acceptors (Lipinski definition) is 4. The molecule has 2 heterocycles. The number of esters is 1. The van der Waals surface area contributed by atoms with Crippen molar-refractivity contribution in [2.75, 3.05) is 13.7 Å². The van der Waals surface area contributed by atoms with Gasteiger partial charge in [-0.1, -0.05) is 15.9 Å². The number of benzene rings is 1. The van der Waals surface area contributed by atoms with Crippen LogP contribution in [0.3, 0.4) is 0 Å². The Balaban J connectivity index is 2.02. The third kappa shape index (κ3) is 2.55. The zero-order valence-electron chi connectivity index (χ0n) is 11.9. The number of imidazole rings is 1. The summed E-state index contributed by atoms with van der Waals surface area (Å²) >= 11 is 3.53. The molecule has 0 spiro atoms. The van der Waals surface area contributed by atoms with E-state index in [2.05, 4.69) is 27.0 Å². The average Bonchev–Trinajstić information content (AvgIpc) is 3.06. The van der Waals surface area contributed by atoms with E-state index in [1.807, 2.05) is 17.6 Å². The Hall–Kier alpha value is -1.82. The van der Waals surface area contributed by atoms with Gasteiger partial charge in [0.05, 0.1) is 26.5 Å². The highest BCUT2D eigenvalue weighted by molar-refractivity contribution is 9.10. The van der Waals surface area contributed by atoms with E-state index < -0.39 is 0 Å². The Labute approximate surface area is 131 Å². The molecule has 0 fully saturated rings. The second kappa shape index (κ2) is 5.52. The van der Waals surface area contributed by atoms with E-state index in [4.69, 9.17) is 9.47 Å². The van der Waals surface area contributed by atoms with Gasteiger partial charge >= 0.3 is 5.97 Å². The van der Waals surface area contributed by atoms with Crippen LogP contribution in [0.25, 0.3) is 0 Å². The van der Waals surface area contributed by atoms with Crippen molar-refractivity contribution >= 4 is 21.9 Å². The molecule has 0 radical (unpaired) electrons. The first-order valence-corrected chi connectivity index (χ1v) is 7.44. The summed E-state index contributed by atoms with van der Waals surface area (Å²) in [5, 5.41) is 0. The molecule has 1 aromatic heterocycles. The van der Waals surface area contributed by atoms with Crippen molar-refractivity contribution < 1.29 is 14.3 Å². The van der Waals surface area contributed by atoms with Crippen LogP contribution in [0.5, 0.6) is 5.75 Å². The maximum Gasteiger partial charge on any atom is 0.356 e. The second-order valence-electron chi connectivity index (χ2n) is 4.92.